The molecule has 1 aromatic carbocycles. The van der Waals surface area contributed by atoms with Gasteiger partial charge in [-0.3, -0.25) is 4.79 Å². The fourth-order valence-corrected chi connectivity index (χ4v) is 2.90. The number of benzene rings is 1. The van der Waals surface area contributed by atoms with Crippen LogP contribution in [0.1, 0.15) is 29.6 Å². The van der Waals surface area contributed by atoms with Crippen molar-refractivity contribution in [2.45, 2.75) is 25.3 Å². The average molecular weight is 298 g/mol. The molecule has 2 atom stereocenters. The van der Waals surface area contributed by atoms with Crippen LogP contribution in [0.25, 0.3) is 0 Å². The van der Waals surface area contributed by atoms with Gasteiger partial charge in [-0.25, -0.2) is 0 Å². The Morgan fingerprint density at radius 1 is 1.40 bits per heavy atom. The van der Waals surface area contributed by atoms with Gasteiger partial charge >= 0.3 is 0 Å². The number of carbonyl (C=O) groups excluding carboxylic acids is 1. The number of carbonyl (C=O) groups is 1. The number of amides is 1. The summed E-state index contributed by atoms with van der Waals surface area (Å²) in [5.41, 5.74) is 0.514. The van der Waals surface area contributed by atoms with Gasteiger partial charge < -0.3 is 14.8 Å². The SMILES string of the molecule is COC[C@H]1CCC[C@H]1NC(=O)c1ccc(Cl)cc1OC. The van der Waals surface area contributed by atoms with Gasteiger partial charge in [0.2, 0.25) is 0 Å². The van der Waals surface area contributed by atoms with Gasteiger partial charge in [-0.2, -0.15) is 0 Å². The molecule has 0 spiro atoms. The maximum absolute atomic E-state index is 12.4. The smallest absolute Gasteiger partial charge is 0.255 e. The number of hydrogen-bond donors (Lipinski definition) is 1. The number of ether oxygens (including phenoxy) is 2. The molecule has 0 aromatic heterocycles. The van der Waals surface area contributed by atoms with E-state index in [4.69, 9.17) is 21.1 Å². The quantitative estimate of drug-likeness (QED) is 0.909. The lowest BCUT2D eigenvalue weighted by atomic mass is 10.0. The lowest BCUT2D eigenvalue weighted by Crippen LogP contribution is -2.38. The number of halogens is 1. The number of hydrogen-bond acceptors (Lipinski definition) is 3. The Kier molecular flexibility index (Phi) is 5.26. The largest absolute Gasteiger partial charge is 0.496 e. The third kappa shape index (κ3) is 3.44. The topological polar surface area (TPSA) is 47.6 Å². The van der Waals surface area contributed by atoms with Crippen molar-refractivity contribution in [3.63, 3.8) is 0 Å². The lowest BCUT2D eigenvalue weighted by molar-refractivity contribution is 0.0895. The van der Waals surface area contributed by atoms with Gasteiger partial charge in [0.15, 0.2) is 0 Å². The zero-order valence-electron chi connectivity index (χ0n) is 11.8. The van der Waals surface area contributed by atoms with Gasteiger partial charge in [0.25, 0.3) is 5.91 Å². The van der Waals surface area contributed by atoms with Crippen LogP contribution < -0.4 is 10.1 Å². The Bertz CT molecular complexity index is 478. The maximum Gasteiger partial charge on any atom is 0.255 e. The van der Waals surface area contributed by atoms with Gasteiger partial charge in [0, 0.05) is 24.1 Å². The number of methoxy groups -OCH3 is 2. The van der Waals surface area contributed by atoms with Crippen molar-refractivity contribution >= 4 is 17.5 Å². The summed E-state index contributed by atoms with van der Waals surface area (Å²) in [4.78, 5) is 12.4. The van der Waals surface area contributed by atoms with Crippen molar-refractivity contribution in [2.24, 2.45) is 5.92 Å². The van der Waals surface area contributed by atoms with Crippen LogP contribution in [-0.2, 0) is 4.74 Å². The predicted octanol–water partition coefficient (Wildman–Crippen LogP) is 2.89. The van der Waals surface area contributed by atoms with E-state index in [1.807, 2.05) is 0 Å². The van der Waals surface area contributed by atoms with Crippen molar-refractivity contribution in [3.8, 4) is 5.75 Å². The summed E-state index contributed by atoms with van der Waals surface area (Å²) in [5.74, 6) is 0.769. The lowest BCUT2D eigenvalue weighted by Gasteiger charge is -2.21. The molecule has 0 radical (unpaired) electrons. The van der Waals surface area contributed by atoms with Crippen LogP contribution in [0.5, 0.6) is 5.75 Å². The summed E-state index contributed by atoms with van der Waals surface area (Å²) in [6, 6.07) is 5.21. The Balaban J connectivity index is 2.08. The van der Waals surface area contributed by atoms with Crippen molar-refractivity contribution in [1.29, 1.82) is 0 Å². The maximum atomic E-state index is 12.4. The highest BCUT2D eigenvalue weighted by Crippen LogP contribution is 2.28. The normalized spacial score (nSPS) is 21.8. The number of nitrogens with one attached hydrogen (secondary N) is 1. The molecule has 1 amide bonds. The summed E-state index contributed by atoms with van der Waals surface area (Å²) in [5, 5.41) is 3.63. The van der Waals surface area contributed by atoms with Crippen LogP contribution in [0.3, 0.4) is 0 Å². The summed E-state index contributed by atoms with van der Waals surface area (Å²) in [6.45, 7) is 0.683. The van der Waals surface area contributed by atoms with E-state index in [1.54, 1.807) is 25.3 Å². The molecule has 1 aromatic rings. The van der Waals surface area contributed by atoms with E-state index >= 15 is 0 Å². The highest BCUT2D eigenvalue weighted by Gasteiger charge is 2.29. The molecule has 1 aliphatic rings. The summed E-state index contributed by atoms with van der Waals surface area (Å²) < 4.78 is 10.4. The first-order valence-corrected chi connectivity index (χ1v) is 7.17. The molecule has 0 saturated heterocycles. The van der Waals surface area contributed by atoms with Crippen molar-refractivity contribution in [2.75, 3.05) is 20.8 Å². The molecule has 0 unspecified atom stereocenters. The van der Waals surface area contributed by atoms with E-state index in [2.05, 4.69) is 5.32 Å². The standard InChI is InChI=1S/C15H20ClNO3/c1-19-9-10-4-3-5-13(10)17-15(18)12-7-6-11(16)8-14(12)20-2/h6-8,10,13H,3-5,9H2,1-2H3,(H,17,18)/t10-,13-/m1/s1. The zero-order chi connectivity index (χ0) is 14.5. The van der Waals surface area contributed by atoms with Crippen molar-refractivity contribution in [3.05, 3.63) is 28.8 Å². The molecule has 1 fully saturated rings. The van der Waals surface area contributed by atoms with E-state index in [0.717, 1.165) is 19.3 Å². The van der Waals surface area contributed by atoms with Gasteiger partial charge in [0.05, 0.1) is 19.3 Å². The minimum absolute atomic E-state index is 0.119. The highest BCUT2D eigenvalue weighted by atomic mass is 35.5. The van der Waals surface area contributed by atoms with E-state index in [1.165, 1.54) is 7.11 Å². The minimum atomic E-state index is -0.119. The fourth-order valence-electron chi connectivity index (χ4n) is 2.74. The van der Waals surface area contributed by atoms with Crippen LogP contribution in [-0.4, -0.2) is 32.8 Å². The van der Waals surface area contributed by atoms with E-state index in [-0.39, 0.29) is 11.9 Å². The third-order valence-electron chi connectivity index (χ3n) is 3.76. The van der Waals surface area contributed by atoms with Gasteiger partial charge in [0.1, 0.15) is 5.75 Å². The molecule has 5 heteroatoms. The van der Waals surface area contributed by atoms with E-state index < -0.39 is 0 Å². The highest BCUT2D eigenvalue weighted by molar-refractivity contribution is 6.30. The first-order chi connectivity index (χ1) is 9.65. The average Bonchev–Trinajstić information content (AvgIpc) is 2.86. The molecule has 0 heterocycles. The van der Waals surface area contributed by atoms with Crippen molar-refractivity contribution in [1.82, 2.24) is 5.32 Å². The molecule has 2 rings (SSSR count). The fraction of sp³-hybridized carbons (Fsp3) is 0.533. The second-order valence-electron chi connectivity index (χ2n) is 5.07. The third-order valence-corrected chi connectivity index (χ3v) is 4.00. The molecule has 0 bridgehead atoms. The van der Waals surface area contributed by atoms with Crippen LogP contribution in [0.2, 0.25) is 5.02 Å². The van der Waals surface area contributed by atoms with E-state index in [0.29, 0.717) is 28.9 Å². The predicted molar refractivity (Wildman–Crippen MR) is 78.5 cm³/mol. The molecule has 1 saturated carbocycles. The molecule has 4 nitrogen and oxygen atoms in total. The Hall–Kier alpha value is -1.26. The van der Waals surface area contributed by atoms with Crippen LogP contribution >= 0.6 is 11.6 Å². The molecule has 1 N–H and O–H groups in total. The second kappa shape index (κ2) is 6.95. The molecule has 110 valence electrons. The second-order valence-corrected chi connectivity index (χ2v) is 5.51. The van der Waals surface area contributed by atoms with Gasteiger partial charge in [-0.15, -0.1) is 0 Å². The first kappa shape index (κ1) is 15.1. The van der Waals surface area contributed by atoms with Crippen LogP contribution in [0.4, 0.5) is 0 Å². The van der Waals surface area contributed by atoms with Gasteiger partial charge in [-0.05, 0) is 31.0 Å². The van der Waals surface area contributed by atoms with Gasteiger partial charge in [-0.1, -0.05) is 18.0 Å². The van der Waals surface area contributed by atoms with Crippen molar-refractivity contribution < 1.29 is 14.3 Å². The van der Waals surface area contributed by atoms with Crippen LogP contribution in [0, 0.1) is 5.92 Å². The molecular weight excluding hydrogens is 278 g/mol. The van der Waals surface area contributed by atoms with Crippen LogP contribution in [0.15, 0.2) is 18.2 Å². The van der Waals surface area contributed by atoms with E-state index in [9.17, 15) is 4.79 Å². The summed E-state index contributed by atoms with van der Waals surface area (Å²) in [6.07, 6.45) is 3.21. The first-order valence-electron chi connectivity index (χ1n) is 6.79. The zero-order valence-corrected chi connectivity index (χ0v) is 12.6. The molecule has 0 aliphatic heterocycles. The minimum Gasteiger partial charge on any atom is -0.496 e. The Labute approximate surface area is 124 Å². The monoisotopic (exact) mass is 297 g/mol. The molecule has 20 heavy (non-hydrogen) atoms. The number of rotatable bonds is 5. The molecule has 1 aliphatic carbocycles. The Morgan fingerprint density at radius 3 is 2.90 bits per heavy atom. The Morgan fingerprint density at radius 2 is 2.20 bits per heavy atom. The summed E-state index contributed by atoms with van der Waals surface area (Å²) in [7, 11) is 3.23. The molecular formula is C15H20ClNO3. The summed E-state index contributed by atoms with van der Waals surface area (Å²) >= 11 is 5.91.